The molecule has 0 unspecified atom stereocenters. The van der Waals surface area contributed by atoms with Crippen LogP contribution in [-0.2, 0) is 9.84 Å². The second-order valence-electron chi connectivity index (χ2n) is 2.68. The highest BCUT2D eigenvalue weighted by molar-refractivity contribution is 7.90. The fourth-order valence-corrected chi connectivity index (χ4v) is 1.44. The van der Waals surface area contributed by atoms with Gasteiger partial charge in [-0.05, 0) is 12.1 Å². The van der Waals surface area contributed by atoms with Crippen LogP contribution in [-0.4, -0.2) is 22.5 Å². The van der Waals surface area contributed by atoms with E-state index in [1.165, 1.54) is 12.1 Å². The summed E-state index contributed by atoms with van der Waals surface area (Å²) in [5.74, 6) is -0.488. The second-order valence-corrected chi connectivity index (χ2v) is 4.70. The van der Waals surface area contributed by atoms with Crippen molar-refractivity contribution in [1.82, 2.24) is 0 Å². The molecule has 0 N–H and O–H groups in total. The molecule has 1 aromatic carbocycles. The van der Waals surface area contributed by atoms with E-state index in [0.29, 0.717) is 5.46 Å². The second kappa shape index (κ2) is 2.90. The van der Waals surface area contributed by atoms with Gasteiger partial charge >= 0.3 is 0 Å². The number of rotatable bonds is 1. The first-order valence-electron chi connectivity index (χ1n) is 3.37. The molecule has 0 fully saturated rings. The summed E-state index contributed by atoms with van der Waals surface area (Å²) in [6, 6.07) is 3.88. The third kappa shape index (κ3) is 1.85. The molecule has 2 nitrogen and oxygen atoms in total. The highest BCUT2D eigenvalue weighted by atomic mass is 32.2. The minimum Gasteiger partial charge on any atom is -0.224 e. The number of benzene rings is 1. The zero-order valence-electron chi connectivity index (χ0n) is 6.83. The lowest BCUT2D eigenvalue weighted by Crippen LogP contribution is -2.09. The number of halogens is 1. The summed E-state index contributed by atoms with van der Waals surface area (Å²) in [5.41, 5.74) is 0.447. The molecule has 0 atom stereocenters. The van der Waals surface area contributed by atoms with Crippen LogP contribution in [0.5, 0.6) is 0 Å². The van der Waals surface area contributed by atoms with Crippen LogP contribution in [0, 0.1) is 5.82 Å². The van der Waals surface area contributed by atoms with E-state index in [2.05, 4.69) is 0 Å². The summed E-state index contributed by atoms with van der Waals surface area (Å²) >= 11 is 0. The minimum atomic E-state index is -3.28. The smallest absolute Gasteiger partial charge is 0.175 e. The maximum atomic E-state index is 12.8. The first-order chi connectivity index (χ1) is 5.41. The van der Waals surface area contributed by atoms with Crippen LogP contribution in [0.4, 0.5) is 4.39 Å². The van der Waals surface area contributed by atoms with Crippen molar-refractivity contribution in [3.63, 3.8) is 0 Å². The lowest BCUT2D eigenvalue weighted by atomic mass is 9.96. The Morgan fingerprint density at radius 2 is 2.00 bits per heavy atom. The van der Waals surface area contributed by atoms with E-state index in [1.54, 1.807) is 7.85 Å². The molecule has 0 spiro atoms. The molecule has 0 radical (unpaired) electrons. The number of hydrogen-bond acceptors (Lipinski definition) is 2. The van der Waals surface area contributed by atoms with E-state index < -0.39 is 15.7 Å². The zero-order valence-corrected chi connectivity index (χ0v) is 7.65. The van der Waals surface area contributed by atoms with Crippen LogP contribution in [0.1, 0.15) is 0 Å². The van der Waals surface area contributed by atoms with Crippen molar-refractivity contribution in [1.29, 1.82) is 0 Å². The first kappa shape index (κ1) is 9.25. The molecule has 0 amide bonds. The maximum absolute atomic E-state index is 12.8. The van der Waals surface area contributed by atoms with Gasteiger partial charge in [-0.2, -0.15) is 0 Å². The largest absolute Gasteiger partial charge is 0.224 e. The maximum Gasteiger partial charge on any atom is 0.175 e. The van der Waals surface area contributed by atoms with Crippen molar-refractivity contribution in [3.8, 4) is 0 Å². The van der Waals surface area contributed by atoms with Gasteiger partial charge in [0.25, 0.3) is 0 Å². The van der Waals surface area contributed by atoms with Crippen LogP contribution in [0.3, 0.4) is 0 Å². The Kier molecular flexibility index (Phi) is 2.23. The van der Waals surface area contributed by atoms with E-state index >= 15 is 0 Å². The lowest BCUT2D eigenvalue weighted by molar-refractivity contribution is 0.597. The van der Waals surface area contributed by atoms with E-state index in [-0.39, 0.29) is 4.90 Å². The predicted octanol–water partition coefficient (Wildman–Crippen LogP) is -0.512. The average molecular weight is 186 g/mol. The Labute approximate surface area is 71.7 Å². The number of hydrogen-bond donors (Lipinski definition) is 0. The van der Waals surface area contributed by atoms with Crippen molar-refractivity contribution >= 4 is 23.1 Å². The van der Waals surface area contributed by atoms with Crippen molar-refractivity contribution in [3.05, 3.63) is 24.0 Å². The van der Waals surface area contributed by atoms with Gasteiger partial charge in [0.2, 0.25) is 0 Å². The summed E-state index contributed by atoms with van der Waals surface area (Å²) in [4.78, 5) is 0.0191. The molecule has 0 aliphatic carbocycles. The fourth-order valence-electron chi connectivity index (χ4n) is 0.804. The zero-order chi connectivity index (χ0) is 9.35. The molecule has 0 aromatic heterocycles. The Bertz CT molecular complexity index is 400. The Balaban J connectivity index is 3.33. The van der Waals surface area contributed by atoms with Crippen molar-refractivity contribution in [2.45, 2.75) is 4.90 Å². The third-order valence-electron chi connectivity index (χ3n) is 1.57. The van der Waals surface area contributed by atoms with Crippen molar-refractivity contribution in [2.75, 3.05) is 6.26 Å². The normalized spacial score (nSPS) is 11.5. The third-order valence-corrected chi connectivity index (χ3v) is 2.68. The lowest BCUT2D eigenvalue weighted by Gasteiger charge is -1.99. The topological polar surface area (TPSA) is 34.1 Å². The first-order valence-corrected chi connectivity index (χ1v) is 5.26. The van der Waals surface area contributed by atoms with Gasteiger partial charge in [0.1, 0.15) is 13.7 Å². The summed E-state index contributed by atoms with van der Waals surface area (Å²) in [6.45, 7) is 0. The van der Waals surface area contributed by atoms with Gasteiger partial charge in [-0.1, -0.05) is 11.5 Å². The number of sulfone groups is 1. The van der Waals surface area contributed by atoms with E-state index in [0.717, 1.165) is 12.3 Å². The summed E-state index contributed by atoms with van der Waals surface area (Å²) < 4.78 is 34.7. The quantitative estimate of drug-likeness (QED) is 0.553. The molecule has 12 heavy (non-hydrogen) atoms. The Morgan fingerprint density at radius 3 is 2.42 bits per heavy atom. The molecular formula is C7H8BFO2S. The SMILES string of the molecule is Bc1ccc(S(C)(=O)=O)cc1F. The highest BCUT2D eigenvalue weighted by Crippen LogP contribution is 2.07. The van der Waals surface area contributed by atoms with Gasteiger partial charge < -0.3 is 0 Å². The van der Waals surface area contributed by atoms with Gasteiger partial charge in [0.05, 0.1) is 4.90 Å². The average Bonchev–Trinajstić information content (AvgIpc) is 1.92. The van der Waals surface area contributed by atoms with Gasteiger partial charge in [-0.15, -0.1) is 0 Å². The van der Waals surface area contributed by atoms with Gasteiger partial charge in [0.15, 0.2) is 9.84 Å². The molecule has 0 aliphatic heterocycles. The standard InChI is InChI=1S/C7H8BFO2S/c1-12(10,11)5-2-3-6(8)7(9)4-5/h2-4H,8H2,1H3. The van der Waals surface area contributed by atoms with E-state index in [9.17, 15) is 12.8 Å². The minimum absolute atomic E-state index is 0.0191. The van der Waals surface area contributed by atoms with E-state index in [4.69, 9.17) is 0 Å². The predicted molar refractivity (Wildman–Crippen MR) is 47.7 cm³/mol. The van der Waals surface area contributed by atoms with E-state index in [1.807, 2.05) is 0 Å². The molecule has 1 aromatic rings. The van der Waals surface area contributed by atoms with Crippen LogP contribution >= 0.6 is 0 Å². The Hall–Kier alpha value is -0.835. The summed E-state index contributed by atoms with van der Waals surface area (Å²) in [5, 5.41) is 0. The highest BCUT2D eigenvalue weighted by Gasteiger charge is 2.08. The van der Waals surface area contributed by atoms with Crippen molar-refractivity contribution in [2.24, 2.45) is 0 Å². The van der Waals surface area contributed by atoms with Gasteiger partial charge in [-0.3, -0.25) is 0 Å². The molecule has 0 heterocycles. The van der Waals surface area contributed by atoms with Gasteiger partial charge in [0, 0.05) is 6.26 Å². The molecule has 0 bridgehead atoms. The summed E-state index contributed by atoms with van der Waals surface area (Å²) in [6.07, 6.45) is 1.05. The molecule has 64 valence electrons. The molecule has 0 aliphatic rings. The van der Waals surface area contributed by atoms with Crippen molar-refractivity contribution < 1.29 is 12.8 Å². The van der Waals surface area contributed by atoms with Gasteiger partial charge in [-0.25, -0.2) is 12.8 Å². The molecule has 0 saturated carbocycles. The van der Waals surface area contributed by atoms with Crippen LogP contribution in [0.25, 0.3) is 0 Å². The fraction of sp³-hybridized carbons (Fsp3) is 0.143. The molecular weight excluding hydrogens is 178 g/mol. The molecule has 5 heteroatoms. The van der Waals surface area contributed by atoms with Crippen LogP contribution in [0.2, 0.25) is 0 Å². The molecule has 0 saturated heterocycles. The molecule has 1 rings (SSSR count). The summed E-state index contributed by atoms with van der Waals surface area (Å²) in [7, 11) is -1.70. The van der Waals surface area contributed by atoms with Crippen LogP contribution in [0.15, 0.2) is 23.1 Å². The monoisotopic (exact) mass is 186 g/mol. The van der Waals surface area contributed by atoms with Crippen LogP contribution < -0.4 is 5.46 Å². The Morgan fingerprint density at radius 1 is 1.42 bits per heavy atom.